The maximum absolute atomic E-state index is 13.5. The van der Waals surface area contributed by atoms with E-state index in [0.717, 1.165) is 22.6 Å². The second-order valence-corrected chi connectivity index (χ2v) is 8.72. The highest BCUT2D eigenvalue weighted by Gasteiger charge is 2.35. The van der Waals surface area contributed by atoms with Crippen molar-refractivity contribution >= 4 is 11.6 Å². The molecule has 4 rings (SSSR count). The number of ether oxygens (including phenoxy) is 1. The van der Waals surface area contributed by atoms with Crippen LogP contribution in [0.4, 0.5) is 0 Å². The number of rotatable bonds is 7. The van der Waals surface area contributed by atoms with Crippen LogP contribution in [0.25, 0.3) is 0 Å². The minimum absolute atomic E-state index is 0.0240. The zero-order chi connectivity index (χ0) is 23.4. The lowest BCUT2D eigenvalue weighted by Crippen LogP contribution is -2.36. The maximum atomic E-state index is 13.5. The Morgan fingerprint density at radius 1 is 1.06 bits per heavy atom. The molecule has 1 aliphatic heterocycles. The largest absolute Gasteiger partial charge is 0.496 e. The molecule has 0 saturated heterocycles. The van der Waals surface area contributed by atoms with E-state index < -0.39 is 0 Å². The van der Waals surface area contributed by atoms with E-state index in [1.165, 1.54) is 16.7 Å². The van der Waals surface area contributed by atoms with Crippen LogP contribution in [-0.4, -0.2) is 42.2 Å². The fraction of sp³-hybridized carbons (Fsp3) is 0.286. The van der Waals surface area contributed by atoms with Crippen molar-refractivity contribution in [1.29, 1.82) is 0 Å². The number of methoxy groups -OCH3 is 1. The van der Waals surface area contributed by atoms with E-state index in [1.54, 1.807) is 12.1 Å². The summed E-state index contributed by atoms with van der Waals surface area (Å²) in [6, 6.07) is 24.2. The van der Waals surface area contributed by atoms with Gasteiger partial charge in [0.05, 0.1) is 25.4 Å². The predicted molar refractivity (Wildman–Crippen MR) is 132 cm³/mol. The third kappa shape index (κ3) is 5.15. The molecule has 0 spiro atoms. The molecule has 1 aliphatic rings. The van der Waals surface area contributed by atoms with Gasteiger partial charge >= 0.3 is 0 Å². The van der Waals surface area contributed by atoms with Crippen molar-refractivity contribution in [3.63, 3.8) is 0 Å². The number of amides is 1. The molecule has 33 heavy (non-hydrogen) atoms. The summed E-state index contributed by atoms with van der Waals surface area (Å²) in [7, 11) is 3.63. The van der Waals surface area contributed by atoms with E-state index in [-0.39, 0.29) is 18.5 Å². The zero-order valence-electron chi connectivity index (χ0n) is 19.8. The summed E-state index contributed by atoms with van der Waals surface area (Å²) in [6.45, 7) is 5.17. The lowest BCUT2D eigenvalue weighted by Gasteiger charge is -2.25. The Balaban J connectivity index is 1.62. The third-order valence-corrected chi connectivity index (χ3v) is 6.06. The van der Waals surface area contributed by atoms with Crippen LogP contribution in [0, 0.1) is 13.8 Å². The molecule has 1 heterocycles. The van der Waals surface area contributed by atoms with E-state index in [9.17, 15) is 4.79 Å². The molecule has 170 valence electrons. The van der Waals surface area contributed by atoms with Crippen LogP contribution in [0.15, 0.2) is 77.9 Å². The number of hydrazone groups is 1. The average molecular weight is 442 g/mol. The summed E-state index contributed by atoms with van der Waals surface area (Å²) < 4.78 is 5.63. The summed E-state index contributed by atoms with van der Waals surface area (Å²) in [6.07, 6.45) is 0.651. The molecule has 1 atom stereocenters. The first-order valence-electron chi connectivity index (χ1n) is 11.3. The van der Waals surface area contributed by atoms with Crippen LogP contribution in [-0.2, 0) is 11.3 Å². The van der Waals surface area contributed by atoms with Crippen molar-refractivity contribution < 1.29 is 9.53 Å². The van der Waals surface area contributed by atoms with Gasteiger partial charge in [-0.2, -0.15) is 5.10 Å². The molecule has 0 aliphatic carbocycles. The topological polar surface area (TPSA) is 45.1 Å². The number of aryl methyl sites for hydroxylation is 2. The lowest BCUT2D eigenvalue weighted by atomic mass is 9.95. The average Bonchev–Trinajstić information content (AvgIpc) is 3.24. The number of para-hydroxylation sites is 1. The molecule has 1 amide bonds. The number of likely N-dealkylation sites (N-methyl/N-ethyl adjacent to an activating group) is 1. The van der Waals surface area contributed by atoms with Crippen LogP contribution in [0.1, 0.15) is 40.3 Å². The van der Waals surface area contributed by atoms with Gasteiger partial charge in [0.25, 0.3) is 5.91 Å². The number of hydrogen-bond acceptors (Lipinski definition) is 4. The summed E-state index contributed by atoms with van der Waals surface area (Å²) in [5.41, 5.74) is 6.56. The second kappa shape index (κ2) is 10.0. The van der Waals surface area contributed by atoms with E-state index >= 15 is 0 Å². The van der Waals surface area contributed by atoms with Crippen LogP contribution in [0.3, 0.4) is 0 Å². The normalized spacial score (nSPS) is 15.6. The Hall–Kier alpha value is -3.44. The SMILES string of the molecule is COc1ccccc1[C@@H]1CC(c2ccc(C)cc2C)=NN1C(=O)CN(C)Cc1ccccc1. The first-order chi connectivity index (χ1) is 16.0. The van der Waals surface area contributed by atoms with Gasteiger partial charge in [-0.3, -0.25) is 9.69 Å². The minimum Gasteiger partial charge on any atom is -0.496 e. The fourth-order valence-electron chi connectivity index (χ4n) is 4.48. The zero-order valence-corrected chi connectivity index (χ0v) is 19.8. The van der Waals surface area contributed by atoms with Gasteiger partial charge < -0.3 is 4.74 Å². The molecule has 0 radical (unpaired) electrons. The molecule has 0 fully saturated rings. The van der Waals surface area contributed by atoms with Crippen molar-refractivity contribution in [3.05, 3.63) is 101 Å². The van der Waals surface area contributed by atoms with E-state index in [0.29, 0.717) is 13.0 Å². The molecule has 0 aromatic heterocycles. The molecule has 0 N–H and O–H groups in total. The fourth-order valence-corrected chi connectivity index (χ4v) is 4.48. The Morgan fingerprint density at radius 3 is 2.52 bits per heavy atom. The van der Waals surface area contributed by atoms with Crippen LogP contribution in [0.5, 0.6) is 5.75 Å². The van der Waals surface area contributed by atoms with Crippen LogP contribution < -0.4 is 4.74 Å². The van der Waals surface area contributed by atoms with Crippen molar-refractivity contribution in [2.75, 3.05) is 20.7 Å². The van der Waals surface area contributed by atoms with E-state index in [2.05, 4.69) is 44.2 Å². The number of carbonyl (C=O) groups is 1. The molecule has 0 unspecified atom stereocenters. The van der Waals surface area contributed by atoms with Gasteiger partial charge in [0, 0.05) is 24.1 Å². The molecule has 0 bridgehead atoms. The molecular formula is C28H31N3O2. The molecule has 0 saturated carbocycles. The maximum Gasteiger partial charge on any atom is 0.257 e. The number of benzene rings is 3. The lowest BCUT2D eigenvalue weighted by molar-refractivity contribution is -0.134. The number of carbonyl (C=O) groups excluding carboxylic acids is 1. The summed E-state index contributed by atoms with van der Waals surface area (Å²) in [5.74, 6) is 0.749. The standard InChI is InChI=1S/C28H31N3O2/c1-20-14-15-23(21(2)16-20)25-17-26(24-12-8-9-13-27(24)33-4)31(29-25)28(32)19-30(3)18-22-10-6-5-7-11-22/h5-16,26H,17-19H2,1-4H3/t26-/m0/s1. The smallest absolute Gasteiger partial charge is 0.257 e. The molecular weight excluding hydrogens is 410 g/mol. The van der Waals surface area contributed by atoms with Crippen LogP contribution >= 0.6 is 0 Å². The minimum atomic E-state index is -0.200. The predicted octanol–water partition coefficient (Wildman–Crippen LogP) is 5.12. The molecule has 3 aromatic rings. The van der Waals surface area contributed by atoms with Crippen molar-refractivity contribution in [1.82, 2.24) is 9.91 Å². The van der Waals surface area contributed by atoms with Gasteiger partial charge in [0.2, 0.25) is 0 Å². The van der Waals surface area contributed by atoms with Gasteiger partial charge in [-0.15, -0.1) is 0 Å². The van der Waals surface area contributed by atoms with Gasteiger partial charge in [-0.1, -0.05) is 72.3 Å². The molecule has 5 nitrogen and oxygen atoms in total. The number of nitrogens with zero attached hydrogens (tertiary/aromatic N) is 3. The van der Waals surface area contributed by atoms with Crippen molar-refractivity contribution in [2.24, 2.45) is 5.10 Å². The van der Waals surface area contributed by atoms with E-state index in [1.807, 2.05) is 54.4 Å². The second-order valence-electron chi connectivity index (χ2n) is 8.72. The Bertz CT molecular complexity index is 1160. The highest BCUT2D eigenvalue weighted by Crippen LogP contribution is 2.38. The quantitative estimate of drug-likeness (QED) is 0.511. The monoisotopic (exact) mass is 441 g/mol. The summed E-state index contributed by atoms with van der Waals surface area (Å²) in [5, 5.41) is 6.52. The van der Waals surface area contributed by atoms with E-state index in [4.69, 9.17) is 9.84 Å². The van der Waals surface area contributed by atoms with Gasteiger partial charge in [-0.05, 0) is 38.1 Å². The first kappa shape index (κ1) is 22.7. The van der Waals surface area contributed by atoms with Crippen molar-refractivity contribution in [2.45, 2.75) is 32.9 Å². The third-order valence-electron chi connectivity index (χ3n) is 6.06. The van der Waals surface area contributed by atoms with Gasteiger partial charge in [0.1, 0.15) is 5.75 Å². The highest BCUT2D eigenvalue weighted by atomic mass is 16.5. The Morgan fingerprint density at radius 2 is 1.79 bits per heavy atom. The Labute approximate surface area is 196 Å². The summed E-state index contributed by atoms with van der Waals surface area (Å²) >= 11 is 0. The first-order valence-corrected chi connectivity index (χ1v) is 11.3. The van der Waals surface area contributed by atoms with Gasteiger partial charge in [-0.25, -0.2) is 5.01 Å². The Kier molecular flexibility index (Phi) is 6.90. The molecule has 3 aromatic carbocycles. The van der Waals surface area contributed by atoms with Crippen molar-refractivity contribution in [3.8, 4) is 5.75 Å². The summed E-state index contributed by atoms with van der Waals surface area (Å²) in [4.78, 5) is 15.5. The van der Waals surface area contributed by atoms with Gasteiger partial charge in [0.15, 0.2) is 0 Å². The number of hydrogen-bond donors (Lipinski definition) is 0. The molecule has 5 heteroatoms. The highest BCUT2D eigenvalue weighted by molar-refractivity contribution is 6.04. The van der Waals surface area contributed by atoms with Crippen LogP contribution in [0.2, 0.25) is 0 Å².